The fraction of sp³-hybridized carbons (Fsp3) is 0.286. The van der Waals surface area contributed by atoms with Gasteiger partial charge in [0, 0.05) is 0 Å². The summed E-state index contributed by atoms with van der Waals surface area (Å²) in [5.74, 6) is -1.60. The molecule has 0 fully saturated rings. The van der Waals surface area contributed by atoms with Crippen molar-refractivity contribution in [3.05, 3.63) is 22.2 Å². The van der Waals surface area contributed by atoms with E-state index in [4.69, 9.17) is 23.2 Å². The van der Waals surface area contributed by atoms with Crippen LogP contribution in [0, 0.1) is 0 Å². The van der Waals surface area contributed by atoms with Crippen LogP contribution in [0.5, 0.6) is 0 Å². The van der Waals surface area contributed by atoms with E-state index >= 15 is 0 Å². The van der Waals surface area contributed by atoms with Gasteiger partial charge in [-0.2, -0.15) is 0 Å². The molecule has 6 nitrogen and oxygen atoms in total. The van der Waals surface area contributed by atoms with E-state index in [1.807, 2.05) is 0 Å². The maximum Gasteiger partial charge on any atom is 0.231 e. The number of ketones is 2. The molecule has 0 spiro atoms. The van der Waals surface area contributed by atoms with Crippen molar-refractivity contribution in [2.45, 2.75) is 26.7 Å². The molecular formula is C14H14Cl2N2O4. The second kappa shape index (κ2) is 7.91. The Morgan fingerprint density at radius 3 is 1.41 bits per heavy atom. The maximum atomic E-state index is 11.5. The molecule has 22 heavy (non-hydrogen) atoms. The number of halogens is 2. The van der Waals surface area contributed by atoms with Gasteiger partial charge in [-0.15, -0.1) is 0 Å². The Balaban J connectivity index is 2.88. The number of hydrogen-bond donors (Lipinski definition) is 2. The molecule has 2 amide bonds. The average molecular weight is 345 g/mol. The maximum absolute atomic E-state index is 11.5. The topological polar surface area (TPSA) is 92.3 Å². The highest BCUT2D eigenvalue weighted by atomic mass is 35.5. The van der Waals surface area contributed by atoms with Gasteiger partial charge in [-0.3, -0.25) is 19.2 Å². The number of Topliss-reactive ketones (excluding diaryl/α,β-unsaturated/α-hetero) is 2. The van der Waals surface area contributed by atoms with Gasteiger partial charge >= 0.3 is 0 Å². The van der Waals surface area contributed by atoms with Crippen LogP contribution < -0.4 is 10.6 Å². The van der Waals surface area contributed by atoms with Gasteiger partial charge < -0.3 is 10.6 Å². The van der Waals surface area contributed by atoms with Crippen LogP contribution in [0.2, 0.25) is 10.0 Å². The monoisotopic (exact) mass is 344 g/mol. The molecule has 0 aromatic heterocycles. The minimum Gasteiger partial charge on any atom is -0.324 e. The third-order valence-corrected chi connectivity index (χ3v) is 3.33. The van der Waals surface area contributed by atoms with Gasteiger partial charge in [0.1, 0.15) is 11.6 Å². The number of carbonyl (C=O) groups is 4. The molecule has 1 aromatic carbocycles. The number of anilines is 2. The Bertz CT molecular complexity index is 589. The lowest BCUT2D eigenvalue weighted by Crippen LogP contribution is -2.16. The standard InChI is InChI=1S/C14H14Cl2N2O4/c1-7(19)5-11(21)17-9-3-4-10(14(16)13(9)15)18-12(22)6-8(2)20/h3-4H,5-6H2,1-2H3,(H,17,21)(H,18,22). The predicted molar refractivity (Wildman–Crippen MR) is 84.3 cm³/mol. The quantitative estimate of drug-likeness (QED) is 0.776. The fourth-order valence-electron chi connectivity index (χ4n) is 1.58. The van der Waals surface area contributed by atoms with Crippen LogP contribution in [-0.4, -0.2) is 23.4 Å². The molecule has 0 aliphatic heterocycles. The van der Waals surface area contributed by atoms with Gasteiger partial charge in [0.05, 0.1) is 34.3 Å². The molecule has 0 aliphatic rings. The van der Waals surface area contributed by atoms with E-state index in [2.05, 4.69) is 10.6 Å². The Morgan fingerprint density at radius 2 is 1.14 bits per heavy atom. The Labute approximate surface area is 137 Å². The van der Waals surface area contributed by atoms with Gasteiger partial charge in [0.15, 0.2) is 0 Å². The largest absolute Gasteiger partial charge is 0.324 e. The first-order valence-electron chi connectivity index (χ1n) is 6.27. The van der Waals surface area contributed by atoms with Gasteiger partial charge in [-0.25, -0.2) is 0 Å². The summed E-state index contributed by atoms with van der Waals surface area (Å²) in [5.41, 5.74) is 0.449. The molecule has 1 rings (SSSR count). The summed E-state index contributed by atoms with van der Waals surface area (Å²) in [6.45, 7) is 2.59. The van der Waals surface area contributed by atoms with Crippen molar-refractivity contribution in [1.82, 2.24) is 0 Å². The smallest absolute Gasteiger partial charge is 0.231 e. The molecule has 0 atom stereocenters. The average Bonchev–Trinajstić information content (AvgIpc) is 2.36. The SMILES string of the molecule is CC(=O)CC(=O)Nc1ccc(NC(=O)CC(C)=O)c(Cl)c1Cl. The molecule has 0 aliphatic carbocycles. The molecule has 0 saturated heterocycles. The number of nitrogens with one attached hydrogen (secondary N) is 2. The molecule has 0 heterocycles. The number of hydrogen-bond acceptors (Lipinski definition) is 4. The zero-order valence-electron chi connectivity index (χ0n) is 12.0. The van der Waals surface area contributed by atoms with Gasteiger partial charge in [0.25, 0.3) is 0 Å². The molecule has 0 saturated carbocycles. The van der Waals surface area contributed by atoms with Crippen LogP contribution in [0.15, 0.2) is 12.1 Å². The van der Waals surface area contributed by atoms with Crippen LogP contribution >= 0.6 is 23.2 Å². The summed E-state index contributed by atoms with van der Waals surface area (Å²) in [6.07, 6.45) is -0.546. The van der Waals surface area contributed by atoms with E-state index in [1.165, 1.54) is 26.0 Å². The summed E-state index contributed by atoms with van der Waals surface area (Å²) >= 11 is 12.0. The van der Waals surface area contributed by atoms with E-state index in [9.17, 15) is 19.2 Å². The van der Waals surface area contributed by atoms with Crippen LogP contribution in [0.3, 0.4) is 0 Å². The molecule has 0 unspecified atom stereocenters. The second-order valence-electron chi connectivity index (χ2n) is 4.64. The van der Waals surface area contributed by atoms with Crippen molar-refractivity contribution in [2.24, 2.45) is 0 Å². The fourth-order valence-corrected chi connectivity index (χ4v) is 2.01. The van der Waals surface area contributed by atoms with E-state index in [0.29, 0.717) is 0 Å². The Hall–Kier alpha value is -1.92. The minimum atomic E-state index is -0.515. The molecule has 118 valence electrons. The Morgan fingerprint density at radius 1 is 0.818 bits per heavy atom. The summed E-state index contributed by atoms with van der Waals surface area (Å²) in [4.78, 5) is 44.8. The molecule has 8 heteroatoms. The molecule has 0 radical (unpaired) electrons. The van der Waals surface area contributed by atoms with E-state index in [-0.39, 0.29) is 45.8 Å². The predicted octanol–water partition coefficient (Wildman–Crippen LogP) is 2.83. The van der Waals surface area contributed by atoms with Crippen molar-refractivity contribution < 1.29 is 19.2 Å². The summed E-state index contributed by atoms with van der Waals surface area (Å²) in [7, 11) is 0. The van der Waals surface area contributed by atoms with Crippen molar-refractivity contribution in [1.29, 1.82) is 0 Å². The zero-order valence-corrected chi connectivity index (χ0v) is 13.5. The van der Waals surface area contributed by atoms with Crippen molar-refractivity contribution in [2.75, 3.05) is 10.6 Å². The third-order valence-electron chi connectivity index (χ3n) is 2.45. The molecule has 0 bridgehead atoms. The van der Waals surface area contributed by atoms with Crippen molar-refractivity contribution >= 4 is 58.0 Å². The number of benzene rings is 1. The number of carbonyl (C=O) groups excluding carboxylic acids is 4. The molecule has 2 N–H and O–H groups in total. The highest BCUT2D eigenvalue weighted by Gasteiger charge is 2.15. The lowest BCUT2D eigenvalue weighted by Gasteiger charge is -2.12. The number of rotatable bonds is 6. The second-order valence-corrected chi connectivity index (χ2v) is 5.40. The number of amides is 2. The minimum absolute atomic E-state index is 0.0270. The normalized spacial score (nSPS) is 10.0. The van der Waals surface area contributed by atoms with E-state index in [0.717, 1.165) is 0 Å². The van der Waals surface area contributed by atoms with E-state index < -0.39 is 11.8 Å². The van der Waals surface area contributed by atoms with Gasteiger partial charge in [-0.05, 0) is 26.0 Å². The van der Waals surface area contributed by atoms with Gasteiger partial charge in [0.2, 0.25) is 11.8 Å². The Kier molecular flexibility index (Phi) is 6.52. The highest BCUT2D eigenvalue weighted by Crippen LogP contribution is 2.36. The van der Waals surface area contributed by atoms with E-state index in [1.54, 1.807) is 0 Å². The van der Waals surface area contributed by atoms with Crippen LogP contribution in [0.1, 0.15) is 26.7 Å². The first-order chi connectivity index (χ1) is 10.2. The zero-order chi connectivity index (χ0) is 16.9. The summed E-state index contributed by atoms with van der Waals surface area (Å²) in [6, 6.07) is 2.88. The molecular weight excluding hydrogens is 331 g/mol. The first kappa shape index (κ1) is 18.1. The van der Waals surface area contributed by atoms with Crippen LogP contribution in [-0.2, 0) is 19.2 Å². The van der Waals surface area contributed by atoms with Crippen molar-refractivity contribution in [3.8, 4) is 0 Å². The first-order valence-corrected chi connectivity index (χ1v) is 7.03. The highest BCUT2D eigenvalue weighted by molar-refractivity contribution is 6.46. The summed E-state index contributed by atoms with van der Waals surface area (Å²) < 4.78 is 0. The third kappa shape index (κ3) is 5.46. The van der Waals surface area contributed by atoms with Crippen LogP contribution in [0.4, 0.5) is 11.4 Å². The van der Waals surface area contributed by atoms with Crippen molar-refractivity contribution in [3.63, 3.8) is 0 Å². The summed E-state index contributed by atoms with van der Waals surface area (Å²) in [5, 5.41) is 4.96. The molecule has 1 aromatic rings. The lowest BCUT2D eigenvalue weighted by atomic mass is 10.2. The van der Waals surface area contributed by atoms with Crippen LogP contribution in [0.25, 0.3) is 0 Å². The van der Waals surface area contributed by atoms with Gasteiger partial charge in [-0.1, -0.05) is 23.2 Å². The lowest BCUT2D eigenvalue weighted by molar-refractivity contribution is -0.125.